The number of hydrogen-bond donors (Lipinski definition) is 4. The molecule has 0 aliphatic heterocycles. The van der Waals surface area contributed by atoms with E-state index in [1.54, 1.807) is 12.1 Å². The fourth-order valence-electron chi connectivity index (χ4n) is 2.84. The molecular formula is C21H34N2O4. The van der Waals surface area contributed by atoms with E-state index in [1.807, 2.05) is 0 Å². The summed E-state index contributed by atoms with van der Waals surface area (Å²) in [4.78, 5) is 23.5. The van der Waals surface area contributed by atoms with E-state index in [0.29, 0.717) is 12.0 Å². The first kappa shape index (κ1) is 22.8. The molecule has 0 bridgehead atoms. The molecule has 0 radical (unpaired) electrons. The highest BCUT2D eigenvalue weighted by Crippen LogP contribution is 2.27. The van der Waals surface area contributed by atoms with Crippen LogP contribution in [0.15, 0.2) is 18.2 Å². The highest BCUT2D eigenvalue weighted by Gasteiger charge is 2.09. The number of amides is 2. The third kappa shape index (κ3) is 10.5. The van der Waals surface area contributed by atoms with Crippen molar-refractivity contribution in [2.24, 2.45) is 0 Å². The van der Waals surface area contributed by atoms with E-state index in [2.05, 4.69) is 17.6 Å². The number of unbranched alkanes of at least 4 members (excludes halogenated alkanes) is 8. The molecule has 1 aromatic carbocycles. The van der Waals surface area contributed by atoms with Crippen LogP contribution >= 0.6 is 0 Å². The first-order valence-corrected chi connectivity index (χ1v) is 10.1. The van der Waals surface area contributed by atoms with Crippen LogP contribution in [0.4, 0.5) is 0 Å². The zero-order valence-corrected chi connectivity index (χ0v) is 16.4. The maximum absolute atomic E-state index is 11.8. The number of para-hydroxylation sites is 1. The monoisotopic (exact) mass is 378 g/mol. The van der Waals surface area contributed by atoms with Crippen LogP contribution in [0, 0.1) is 0 Å². The Labute approximate surface area is 162 Å². The van der Waals surface area contributed by atoms with Crippen LogP contribution in [-0.2, 0) is 16.1 Å². The molecule has 4 N–H and O–H groups in total. The lowest BCUT2D eigenvalue weighted by atomic mass is 10.1. The smallest absolute Gasteiger partial charge is 0.239 e. The third-order valence-electron chi connectivity index (χ3n) is 4.53. The number of rotatable bonds is 14. The number of phenols is 2. The van der Waals surface area contributed by atoms with E-state index in [1.165, 1.54) is 44.6 Å². The van der Waals surface area contributed by atoms with Gasteiger partial charge in [-0.1, -0.05) is 70.4 Å². The van der Waals surface area contributed by atoms with Gasteiger partial charge in [0.25, 0.3) is 0 Å². The van der Waals surface area contributed by atoms with E-state index in [-0.39, 0.29) is 36.4 Å². The Balaban J connectivity index is 2.04. The molecule has 0 saturated heterocycles. The van der Waals surface area contributed by atoms with Crippen molar-refractivity contribution < 1.29 is 19.8 Å². The largest absolute Gasteiger partial charge is 0.504 e. The quantitative estimate of drug-likeness (QED) is 0.293. The molecule has 0 unspecified atom stereocenters. The Kier molecular flexibility index (Phi) is 11.7. The maximum atomic E-state index is 11.8. The molecule has 152 valence electrons. The molecule has 0 heterocycles. The van der Waals surface area contributed by atoms with E-state index in [4.69, 9.17) is 0 Å². The van der Waals surface area contributed by atoms with Crippen LogP contribution in [0.3, 0.4) is 0 Å². The van der Waals surface area contributed by atoms with Crippen LogP contribution in [0.2, 0.25) is 0 Å². The van der Waals surface area contributed by atoms with E-state index in [0.717, 1.165) is 19.3 Å². The van der Waals surface area contributed by atoms with Gasteiger partial charge in [-0.05, 0) is 12.5 Å². The van der Waals surface area contributed by atoms with Crippen molar-refractivity contribution in [3.05, 3.63) is 23.8 Å². The average Bonchev–Trinajstić information content (AvgIpc) is 2.66. The Morgan fingerprint density at radius 1 is 0.852 bits per heavy atom. The van der Waals surface area contributed by atoms with Gasteiger partial charge in [0, 0.05) is 18.5 Å². The number of phenolic OH excluding ortho intramolecular Hbond substituents is 2. The summed E-state index contributed by atoms with van der Waals surface area (Å²) < 4.78 is 0. The molecular weight excluding hydrogens is 344 g/mol. The number of nitrogens with one attached hydrogen (secondary N) is 2. The molecule has 2 amide bonds. The van der Waals surface area contributed by atoms with Gasteiger partial charge in [-0.2, -0.15) is 0 Å². The SMILES string of the molecule is CCCCCCCCCCCC(=O)NCC(=O)NCc1cccc(O)c1O. The summed E-state index contributed by atoms with van der Waals surface area (Å²) in [5.74, 6) is -0.922. The normalized spacial score (nSPS) is 10.6. The van der Waals surface area contributed by atoms with Crippen molar-refractivity contribution in [3.8, 4) is 11.5 Å². The topological polar surface area (TPSA) is 98.7 Å². The van der Waals surface area contributed by atoms with Crippen molar-refractivity contribution >= 4 is 11.8 Å². The van der Waals surface area contributed by atoms with Gasteiger partial charge in [-0.3, -0.25) is 9.59 Å². The fraction of sp³-hybridized carbons (Fsp3) is 0.619. The molecule has 6 heteroatoms. The van der Waals surface area contributed by atoms with Gasteiger partial charge in [0.2, 0.25) is 11.8 Å². The van der Waals surface area contributed by atoms with Crippen molar-refractivity contribution in [2.75, 3.05) is 6.54 Å². The summed E-state index contributed by atoms with van der Waals surface area (Å²) in [6.45, 7) is 2.22. The summed E-state index contributed by atoms with van der Waals surface area (Å²) in [6, 6.07) is 4.56. The summed E-state index contributed by atoms with van der Waals surface area (Å²) >= 11 is 0. The van der Waals surface area contributed by atoms with Gasteiger partial charge in [-0.25, -0.2) is 0 Å². The van der Waals surface area contributed by atoms with Crippen molar-refractivity contribution in [3.63, 3.8) is 0 Å². The highest BCUT2D eigenvalue weighted by molar-refractivity contribution is 5.84. The van der Waals surface area contributed by atoms with Gasteiger partial charge in [0.15, 0.2) is 11.5 Å². The number of aromatic hydroxyl groups is 2. The zero-order chi connectivity index (χ0) is 19.9. The van der Waals surface area contributed by atoms with Crippen LogP contribution in [0.5, 0.6) is 11.5 Å². The second-order valence-electron chi connectivity index (χ2n) is 6.92. The molecule has 0 aliphatic rings. The van der Waals surface area contributed by atoms with Gasteiger partial charge < -0.3 is 20.8 Å². The predicted molar refractivity (Wildman–Crippen MR) is 106 cm³/mol. The predicted octanol–water partition coefficient (Wildman–Crippen LogP) is 3.75. The van der Waals surface area contributed by atoms with Gasteiger partial charge in [0.05, 0.1) is 6.54 Å². The summed E-state index contributed by atoms with van der Waals surface area (Å²) in [5.41, 5.74) is 0.421. The maximum Gasteiger partial charge on any atom is 0.239 e. The standard InChI is InChI=1S/C21H34N2O4/c1-2-3-4-5-6-7-8-9-10-14-19(25)23-16-20(26)22-15-17-12-11-13-18(24)21(17)27/h11-13,24,27H,2-10,14-16H2,1H3,(H,22,26)(H,23,25). The molecule has 27 heavy (non-hydrogen) atoms. The molecule has 1 aromatic rings. The number of hydrogen-bond acceptors (Lipinski definition) is 4. The van der Waals surface area contributed by atoms with Crippen LogP contribution in [0.25, 0.3) is 0 Å². The van der Waals surface area contributed by atoms with Crippen molar-refractivity contribution in [1.29, 1.82) is 0 Å². The van der Waals surface area contributed by atoms with E-state index < -0.39 is 0 Å². The fourth-order valence-corrected chi connectivity index (χ4v) is 2.84. The number of carbonyl (C=O) groups is 2. The van der Waals surface area contributed by atoms with Crippen LogP contribution in [0.1, 0.15) is 76.7 Å². The minimum atomic E-state index is -0.335. The molecule has 0 aromatic heterocycles. The third-order valence-corrected chi connectivity index (χ3v) is 4.53. The molecule has 0 fully saturated rings. The Morgan fingerprint density at radius 3 is 2.15 bits per heavy atom. The van der Waals surface area contributed by atoms with Crippen LogP contribution in [-0.4, -0.2) is 28.6 Å². The lowest BCUT2D eigenvalue weighted by molar-refractivity contribution is -0.126. The summed E-state index contributed by atoms with van der Waals surface area (Å²) in [7, 11) is 0. The lowest BCUT2D eigenvalue weighted by Gasteiger charge is -2.09. The molecule has 0 atom stereocenters. The Bertz CT molecular complexity index is 575. The Morgan fingerprint density at radius 2 is 1.48 bits per heavy atom. The van der Waals surface area contributed by atoms with Crippen molar-refractivity contribution in [2.45, 2.75) is 77.7 Å². The molecule has 0 spiro atoms. The highest BCUT2D eigenvalue weighted by atomic mass is 16.3. The second kappa shape index (κ2) is 13.9. The van der Waals surface area contributed by atoms with Gasteiger partial charge >= 0.3 is 0 Å². The Hall–Kier alpha value is -2.24. The number of benzene rings is 1. The molecule has 0 aliphatic carbocycles. The minimum Gasteiger partial charge on any atom is -0.504 e. The summed E-state index contributed by atoms with van der Waals surface area (Å²) in [5, 5.41) is 24.3. The molecule has 0 saturated carbocycles. The minimum absolute atomic E-state index is 0.0875. The van der Waals surface area contributed by atoms with E-state index in [9.17, 15) is 19.8 Å². The van der Waals surface area contributed by atoms with Gasteiger partial charge in [-0.15, -0.1) is 0 Å². The molecule has 1 rings (SSSR count). The average molecular weight is 379 g/mol. The summed E-state index contributed by atoms with van der Waals surface area (Å²) in [6.07, 6.45) is 11.2. The second-order valence-corrected chi connectivity index (χ2v) is 6.92. The zero-order valence-electron chi connectivity index (χ0n) is 16.4. The molecule has 6 nitrogen and oxygen atoms in total. The lowest BCUT2D eigenvalue weighted by Crippen LogP contribution is -2.36. The van der Waals surface area contributed by atoms with Crippen molar-refractivity contribution in [1.82, 2.24) is 10.6 Å². The van der Waals surface area contributed by atoms with Crippen LogP contribution < -0.4 is 10.6 Å². The first-order valence-electron chi connectivity index (χ1n) is 10.1. The first-order chi connectivity index (χ1) is 13.0. The van der Waals surface area contributed by atoms with E-state index >= 15 is 0 Å². The number of carbonyl (C=O) groups excluding carboxylic acids is 2. The van der Waals surface area contributed by atoms with Gasteiger partial charge in [0.1, 0.15) is 0 Å².